The average molecular weight is 292 g/mol. The molecule has 0 saturated carbocycles. The molecule has 0 N–H and O–H groups in total. The van der Waals surface area contributed by atoms with Crippen LogP contribution < -0.4 is 4.90 Å². The highest BCUT2D eigenvalue weighted by atomic mass is 79.9. The fourth-order valence-electron chi connectivity index (χ4n) is 2.17. The first kappa shape index (κ1) is 11.0. The summed E-state index contributed by atoms with van der Waals surface area (Å²) < 4.78 is 1.06. The molecule has 0 spiro atoms. The fraction of sp³-hybridized carbons (Fsp3) is 0.385. The van der Waals surface area contributed by atoms with Crippen LogP contribution in [0.5, 0.6) is 0 Å². The zero-order chi connectivity index (χ0) is 12.0. The average Bonchev–Trinajstić information content (AvgIpc) is 2.28. The van der Waals surface area contributed by atoms with Crippen LogP contribution in [0.15, 0.2) is 28.9 Å². The van der Waals surface area contributed by atoms with Crippen molar-refractivity contribution in [3.05, 3.63) is 28.9 Å². The normalized spacial score (nSPS) is 18.2. The molecule has 3 rings (SSSR count). The zero-order valence-electron chi connectivity index (χ0n) is 9.94. The van der Waals surface area contributed by atoms with E-state index >= 15 is 0 Å². The Balaban J connectivity index is 2.05. The van der Waals surface area contributed by atoms with Crippen LogP contribution in [0.25, 0.3) is 10.9 Å². The van der Waals surface area contributed by atoms with Crippen molar-refractivity contribution in [2.75, 3.05) is 11.4 Å². The standard InChI is InChI=1S/C13H14BrN3/c1-13(2)5-6-17(13)12-15-8-9-7-10(14)3-4-11(9)16-12/h3-4,7-8H,5-6H2,1-2H3. The maximum absolute atomic E-state index is 4.63. The summed E-state index contributed by atoms with van der Waals surface area (Å²) in [4.78, 5) is 11.3. The number of fused-ring (bicyclic) bond motifs is 1. The van der Waals surface area contributed by atoms with E-state index in [1.807, 2.05) is 24.4 Å². The van der Waals surface area contributed by atoms with E-state index in [1.165, 1.54) is 6.42 Å². The van der Waals surface area contributed by atoms with Crippen molar-refractivity contribution in [2.45, 2.75) is 25.8 Å². The predicted octanol–water partition coefficient (Wildman–Crippen LogP) is 3.38. The molecule has 17 heavy (non-hydrogen) atoms. The van der Waals surface area contributed by atoms with Crippen LogP contribution in [0.2, 0.25) is 0 Å². The van der Waals surface area contributed by atoms with Gasteiger partial charge in [-0.2, -0.15) is 0 Å². The predicted molar refractivity (Wildman–Crippen MR) is 73.3 cm³/mol. The van der Waals surface area contributed by atoms with Crippen molar-refractivity contribution < 1.29 is 0 Å². The van der Waals surface area contributed by atoms with Gasteiger partial charge in [0.15, 0.2) is 0 Å². The van der Waals surface area contributed by atoms with Gasteiger partial charge in [0.05, 0.1) is 5.52 Å². The number of rotatable bonds is 1. The lowest BCUT2D eigenvalue weighted by Crippen LogP contribution is -2.56. The van der Waals surface area contributed by atoms with Gasteiger partial charge in [0.2, 0.25) is 5.95 Å². The maximum Gasteiger partial charge on any atom is 0.226 e. The maximum atomic E-state index is 4.63. The van der Waals surface area contributed by atoms with E-state index in [1.54, 1.807) is 0 Å². The molecule has 1 aromatic heterocycles. The minimum absolute atomic E-state index is 0.197. The van der Waals surface area contributed by atoms with Gasteiger partial charge in [-0.1, -0.05) is 15.9 Å². The Hall–Kier alpha value is -1.16. The summed E-state index contributed by atoms with van der Waals surface area (Å²) in [7, 11) is 0. The van der Waals surface area contributed by atoms with Crippen LogP contribution in [-0.4, -0.2) is 22.1 Å². The highest BCUT2D eigenvalue weighted by Gasteiger charge is 2.37. The minimum Gasteiger partial charge on any atom is -0.336 e. The number of anilines is 1. The van der Waals surface area contributed by atoms with Gasteiger partial charge in [-0.3, -0.25) is 0 Å². The molecule has 0 unspecified atom stereocenters. The van der Waals surface area contributed by atoms with E-state index in [4.69, 9.17) is 0 Å². The molecule has 1 saturated heterocycles. The molecular formula is C13H14BrN3. The third kappa shape index (κ3) is 1.80. The lowest BCUT2D eigenvalue weighted by molar-refractivity contribution is 0.326. The second kappa shape index (κ2) is 3.67. The monoisotopic (exact) mass is 291 g/mol. The largest absolute Gasteiger partial charge is 0.336 e. The van der Waals surface area contributed by atoms with Gasteiger partial charge < -0.3 is 4.90 Å². The number of benzene rings is 1. The van der Waals surface area contributed by atoms with Gasteiger partial charge in [-0.05, 0) is 38.5 Å². The van der Waals surface area contributed by atoms with Gasteiger partial charge in [0.25, 0.3) is 0 Å². The summed E-state index contributed by atoms with van der Waals surface area (Å²) in [6, 6.07) is 6.08. The van der Waals surface area contributed by atoms with Crippen LogP contribution in [0, 0.1) is 0 Å². The molecule has 0 bridgehead atoms. The summed E-state index contributed by atoms with van der Waals surface area (Å²) in [5.41, 5.74) is 1.20. The SMILES string of the molecule is CC1(C)CCN1c1ncc2cc(Br)ccc2n1. The van der Waals surface area contributed by atoms with Crippen molar-refractivity contribution in [1.82, 2.24) is 9.97 Å². The first-order valence-electron chi connectivity index (χ1n) is 5.76. The Morgan fingerprint density at radius 2 is 2.18 bits per heavy atom. The van der Waals surface area contributed by atoms with Crippen LogP contribution in [0.1, 0.15) is 20.3 Å². The van der Waals surface area contributed by atoms with Gasteiger partial charge in [0.1, 0.15) is 0 Å². The summed E-state index contributed by atoms with van der Waals surface area (Å²) >= 11 is 3.46. The molecule has 2 aromatic rings. The summed E-state index contributed by atoms with van der Waals surface area (Å²) in [6.07, 6.45) is 3.10. The van der Waals surface area contributed by atoms with E-state index in [9.17, 15) is 0 Å². The smallest absolute Gasteiger partial charge is 0.226 e. The topological polar surface area (TPSA) is 29.0 Å². The molecule has 3 nitrogen and oxygen atoms in total. The molecule has 0 aliphatic carbocycles. The number of aromatic nitrogens is 2. The van der Waals surface area contributed by atoms with Crippen molar-refractivity contribution in [3.63, 3.8) is 0 Å². The first-order chi connectivity index (χ1) is 8.06. The van der Waals surface area contributed by atoms with E-state index in [0.717, 1.165) is 27.9 Å². The Morgan fingerprint density at radius 1 is 1.35 bits per heavy atom. The molecule has 0 radical (unpaired) electrons. The lowest BCUT2D eigenvalue weighted by atomic mass is 9.89. The van der Waals surface area contributed by atoms with Crippen molar-refractivity contribution >= 4 is 32.8 Å². The number of halogens is 1. The molecule has 88 valence electrons. The number of hydrogen-bond donors (Lipinski definition) is 0. The minimum atomic E-state index is 0.197. The van der Waals surface area contributed by atoms with Crippen LogP contribution in [0.4, 0.5) is 5.95 Å². The molecule has 1 aliphatic rings. The fourth-order valence-corrected chi connectivity index (χ4v) is 2.54. The molecule has 0 atom stereocenters. The van der Waals surface area contributed by atoms with Crippen LogP contribution >= 0.6 is 15.9 Å². The van der Waals surface area contributed by atoms with Crippen molar-refractivity contribution in [3.8, 4) is 0 Å². The zero-order valence-corrected chi connectivity index (χ0v) is 11.5. The van der Waals surface area contributed by atoms with E-state index < -0.39 is 0 Å². The number of nitrogens with zero attached hydrogens (tertiary/aromatic N) is 3. The molecule has 2 heterocycles. The quantitative estimate of drug-likeness (QED) is 0.807. The van der Waals surface area contributed by atoms with Gasteiger partial charge in [-0.15, -0.1) is 0 Å². The first-order valence-corrected chi connectivity index (χ1v) is 6.55. The third-order valence-electron chi connectivity index (χ3n) is 3.45. The second-order valence-electron chi connectivity index (χ2n) is 5.09. The van der Waals surface area contributed by atoms with E-state index in [2.05, 4.69) is 44.6 Å². The Labute approximate surface area is 109 Å². The van der Waals surface area contributed by atoms with Crippen LogP contribution in [0.3, 0.4) is 0 Å². The lowest BCUT2D eigenvalue weighted by Gasteiger charge is -2.48. The van der Waals surface area contributed by atoms with E-state index in [0.29, 0.717) is 0 Å². The summed E-state index contributed by atoms with van der Waals surface area (Å²) in [5, 5.41) is 1.07. The molecule has 1 aliphatic heterocycles. The molecule has 0 amide bonds. The van der Waals surface area contributed by atoms with Crippen molar-refractivity contribution in [2.24, 2.45) is 0 Å². The summed E-state index contributed by atoms with van der Waals surface area (Å²) in [5.74, 6) is 0.844. The second-order valence-corrected chi connectivity index (χ2v) is 6.00. The van der Waals surface area contributed by atoms with Crippen LogP contribution in [-0.2, 0) is 0 Å². The molecule has 1 aromatic carbocycles. The van der Waals surface area contributed by atoms with Gasteiger partial charge >= 0.3 is 0 Å². The Kier molecular flexibility index (Phi) is 2.36. The number of hydrogen-bond acceptors (Lipinski definition) is 3. The highest BCUT2D eigenvalue weighted by molar-refractivity contribution is 9.10. The van der Waals surface area contributed by atoms with E-state index in [-0.39, 0.29) is 5.54 Å². The Bertz CT molecular complexity index is 580. The van der Waals surface area contributed by atoms with Gasteiger partial charge in [0, 0.05) is 28.1 Å². The molecular weight excluding hydrogens is 278 g/mol. The van der Waals surface area contributed by atoms with Crippen molar-refractivity contribution in [1.29, 1.82) is 0 Å². The Morgan fingerprint density at radius 3 is 2.82 bits per heavy atom. The van der Waals surface area contributed by atoms with Gasteiger partial charge in [-0.25, -0.2) is 9.97 Å². The summed E-state index contributed by atoms with van der Waals surface area (Å²) in [6.45, 7) is 5.51. The molecule has 1 fully saturated rings. The highest BCUT2D eigenvalue weighted by Crippen LogP contribution is 2.33. The third-order valence-corrected chi connectivity index (χ3v) is 3.94. The molecule has 4 heteroatoms.